The van der Waals surface area contributed by atoms with Crippen LogP contribution in [0.2, 0.25) is 0 Å². The Morgan fingerprint density at radius 3 is 0.431 bits per heavy atom. The highest BCUT2D eigenvalue weighted by atomic mass is 19.4. The van der Waals surface area contributed by atoms with Crippen LogP contribution in [-0.2, 0) is 49.4 Å². The quantitative estimate of drug-likeness (QED) is 0.122. The first kappa shape index (κ1) is 51.9. The second-order valence-electron chi connectivity index (χ2n) is 13.8. The summed E-state index contributed by atoms with van der Waals surface area (Å²) in [5, 5.41) is 0. The lowest BCUT2D eigenvalue weighted by Crippen LogP contribution is -2.75. The van der Waals surface area contributed by atoms with E-state index in [1.807, 2.05) is 0 Å². The van der Waals surface area contributed by atoms with Crippen LogP contribution >= 0.6 is 0 Å². The summed E-state index contributed by atoms with van der Waals surface area (Å²) in [5.41, 5.74) is -39.5. The van der Waals surface area contributed by atoms with Gasteiger partial charge in [-0.2, -0.15) is 127 Å². The SMILES string of the molecule is C=Cc1c(C(F)(F)F)cc([B-](c2cc(C(F)(F)F)c(C=C)c(C(F)(F)F)c2)(c2cc(C(F)(F)F)c(C=C)c(C(F)(F)F)c2)c2cc(C(F)(F)F)c(C=C)c(C(F)(F)F)c2)cc1C(F)(F)F. The third-order valence-electron chi connectivity index (χ3n) is 10.1. The molecular formula is C40H20BF24-. The first-order chi connectivity index (χ1) is 29.1. The third-order valence-corrected chi connectivity index (χ3v) is 10.1. The van der Waals surface area contributed by atoms with Crippen LogP contribution in [0.3, 0.4) is 0 Å². The van der Waals surface area contributed by atoms with Gasteiger partial charge in [0.1, 0.15) is 6.15 Å². The van der Waals surface area contributed by atoms with Gasteiger partial charge >= 0.3 is 49.4 Å². The minimum Gasteiger partial charge on any atom is -0.194 e. The zero-order valence-electron chi connectivity index (χ0n) is 31.4. The zero-order chi connectivity index (χ0) is 50.2. The Hall–Kier alpha value is -5.78. The number of alkyl halides is 24. The van der Waals surface area contributed by atoms with Gasteiger partial charge in [-0.3, -0.25) is 0 Å². The number of hydrogen-bond donors (Lipinski definition) is 0. The third kappa shape index (κ3) is 9.63. The van der Waals surface area contributed by atoms with Crippen molar-refractivity contribution in [3.05, 3.63) is 142 Å². The minimum absolute atomic E-state index is 0.211. The molecule has 0 spiro atoms. The van der Waals surface area contributed by atoms with Crippen LogP contribution < -0.4 is 21.9 Å². The minimum atomic E-state index is -6.26. The Kier molecular flexibility index (Phi) is 13.0. The van der Waals surface area contributed by atoms with E-state index in [4.69, 9.17) is 0 Å². The first-order valence-corrected chi connectivity index (χ1v) is 17.1. The van der Waals surface area contributed by atoms with Gasteiger partial charge in [-0.15, -0.1) is 0 Å². The van der Waals surface area contributed by atoms with E-state index in [9.17, 15) is 105 Å². The monoisotopic (exact) mass is 967 g/mol. The molecule has 25 heteroatoms. The van der Waals surface area contributed by atoms with Crippen LogP contribution in [-0.4, -0.2) is 6.15 Å². The summed E-state index contributed by atoms with van der Waals surface area (Å²) in [5.74, 6) is 0. The average Bonchev–Trinajstić information content (AvgIpc) is 3.13. The van der Waals surface area contributed by atoms with Crippen molar-refractivity contribution < 1.29 is 105 Å². The lowest BCUT2D eigenvalue weighted by molar-refractivity contribution is -0.144. The molecule has 0 aliphatic rings. The molecule has 0 N–H and O–H groups in total. The normalized spacial score (nSPS) is 13.8. The highest BCUT2D eigenvalue weighted by Gasteiger charge is 2.50. The first-order valence-electron chi connectivity index (χ1n) is 17.1. The molecule has 0 heterocycles. The molecule has 4 aromatic rings. The van der Waals surface area contributed by atoms with Crippen molar-refractivity contribution in [2.75, 3.05) is 0 Å². The Bertz CT molecular complexity index is 2050. The lowest BCUT2D eigenvalue weighted by atomic mass is 9.12. The van der Waals surface area contributed by atoms with E-state index in [-0.39, 0.29) is 24.3 Å². The molecule has 0 saturated heterocycles. The molecule has 0 fully saturated rings. The molecule has 352 valence electrons. The second-order valence-corrected chi connectivity index (χ2v) is 13.8. The fourth-order valence-corrected chi connectivity index (χ4v) is 7.61. The lowest BCUT2D eigenvalue weighted by Gasteiger charge is -2.47. The molecule has 0 bridgehead atoms. The van der Waals surface area contributed by atoms with Crippen molar-refractivity contribution in [1.29, 1.82) is 0 Å². The van der Waals surface area contributed by atoms with Gasteiger partial charge in [0, 0.05) is 0 Å². The summed E-state index contributed by atoms with van der Waals surface area (Å²) in [6.45, 7) is 11.0. The van der Waals surface area contributed by atoms with Gasteiger partial charge in [0.25, 0.3) is 0 Å². The molecule has 0 amide bonds. The maximum absolute atomic E-state index is 14.9. The van der Waals surface area contributed by atoms with Crippen LogP contribution in [0, 0.1) is 0 Å². The molecule has 0 aromatic heterocycles. The predicted molar refractivity (Wildman–Crippen MR) is 190 cm³/mol. The van der Waals surface area contributed by atoms with Gasteiger partial charge in [-0.25, -0.2) is 0 Å². The Morgan fingerprint density at radius 1 is 0.246 bits per heavy atom. The summed E-state index contributed by atoms with van der Waals surface area (Å²) in [4.78, 5) is 0. The molecule has 0 aliphatic heterocycles. The van der Waals surface area contributed by atoms with Gasteiger partial charge in [-0.1, -0.05) is 99.2 Å². The average molecular weight is 967 g/mol. The number of hydrogen-bond acceptors (Lipinski definition) is 0. The fourth-order valence-electron chi connectivity index (χ4n) is 7.61. The van der Waals surface area contributed by atoms with Gasteiger partial charge in [0.2, 0.25) is 0 Å². The van der Waals surface area contributed by atoms with Crippen LogP contribution in [0.1, 0.15) is 66.8 Å². The van der Waals surface area contributed by atoms with Crippen molar-refractivity contribution >= 4 is 52.3 Å². The van der Waals surface area contributed by atoms with Crippen molar-refractivity contribution in [3.8, 4) is 0 Å². The summed E-state index contributed by atoms with van der Waals surface area (Å²) < 4.78 is 357. The molecule has 0 atom stereocenters. The molecule has 0 radical (unpaired) electrons. The summed E-state index contributed by atoms with van der Waals surface area (Å²) in [7, 11) is 0. The summed E-state index contributed by atoms with van der Waals surface area (Å²) >= 11 is 0. The molecule has 0 nitrogen and oxygen atoms in total. The van der Waals surface area contributed by atoms with E-state index in [2.05, 4.69) is 26.3 Å². The number of halogens is 24. The molecule has 0 aliphatic carbocycles. The van der Waals surface area contributed by atoms with Crippen LogP contribution in [0.5, 0.6) is 0 Å². The van der Waals surface area contributed by atoms with Gasteiger partial charge in [0.15, 0.2) is 0 Å². The number of benzene rings is 4. The van der Waals surface area contributed by atoms with Crippen molar-refractivity contribution in [1.82, 2.24) is 0 Å². The smallest absolute Gasteiger partial charge is 0.194 e. The van der Waals surface area contributed by atoms with E-state index in [0.717, 1.165) is 0 Å². The highest BCUT2D eigenvalue weighted by molar-refractivity contribution is 7.20. The molecule has 0 saturated carbocycles. The van der Waals surface area contributed by atoms with Crippen molar-refractivity contribution in [2.24, 2.45) is 0 Å². The topological polar surface area (TPSA) is 0 Å². The van der Waals surface area contributed by atoms with E-state index >= 15 is 0 Å². The van der Waals surface area contributed by atoms with E-state index < -0.39 is 193 Å². The van der Waals surface area contributed by atoms with Crippen LogP contribution in [0.4, 0.5) is 105 Å². The molecule has 0 unspecified atom stereocenters. The molecular weight excluding hydrogens is 947 g/mol. The maximum atomic E-state index is 14.9. The molecule has 4 aromatic carbocycles. The maximum Gasteiger partial charge on any atom is 0.416 e. The summed E-state index contributed by atoms with van der Waals surface area (Å²) in [6, 6.07) is -5.68. The Morgan fingerprint density at radius 2 is 0.354 bits per heavy atom. The second kappa shape index (κ2) is 16.3. The van der Waals surface area contributed by atoms with Gasteiger partial charge in [0.05, 0.1) is 44.5 Å². The predicted octanol–water partition coefficient (Wildman–Crippen LogP) is 13.8. The van der Waals surface area contributed by atoms with E-state index in [1.165, 1.54) is 0 Å². The number of rotatable bonds is 8. The van der Waals surface area contributed by atoms with Crippen molar-refractivity contribution in [3.63, 3.8) is 0 Å². The van der Waals surface area contributed by atoms with Crippen LogP contribution in [0.25, 0.3) is 24.3 Å². The standard InChI is InChI=1S/C40H20BF24/c1-5-21-25(33(42,43)44)9-17(10-26(21)34(45,46)47)41(18-11-27(35(48,49)50)22(6-2)28(12-18)36(51,52)53,19-13-29(37(54,55)56)23(7-3)30(14-19)38(57,58)59)20-15-31(39(60,61)62)24(8-4)32(16-20)40(63,64)65/h5-16H,1-4H2/q-1. The zero-order valence-corrected chi connectivity index (χ0v) is 31.4. The van der Waals surface area contributed by atoms with Gasteiger partial charge in [-0.05, 0) is 22.3 Å². The van der Waals surface area contributed by atoms with E-state index in [1.54, 1.807) is 0 Å². The van der Waals surface area contributed by atoms with Gasteiger partial charge < -0.3 is 0 Å². The fraction of sp³-hybridized carbons (Fsp3) is 0.200. The summed E-state index contributed by atoms with van der Waals surface area (Å²) in [6.07, 6.45) is -56.9. The molecule has 65 heavy (non-hydrogen) atoms. The Balaban J connectivity index is 2.82. The molecule has 4 rings (SSSR count). The largest absolute Gasteiger partial charge is 0.416 e. The highest BCUT2D eigenvalue weighted by Crippen LogP contribution is 2.46. The van der Waals surface area contributed by atoms with E-state index in [0.29, 0.717) is 0 Å². The Labute approximate surface area is 348 Å². The van der Waals surface area contributed by atoms with Crippen LogP contribution in [0.15, 0.2) is 74.8 Å². The van der Waals surface area contributed by atoms with Crippen molar-refractivity contribution in [2.45, 2.75) is 49.4 Å².